The van der Waals surface area contributed by atoms with Crippen LogP contribution in [-0.2, 0) is 4.79 Å². The minimum Gasteiger partial charge on any atom is -0.393 e. The van der Waals surface area contributed by atoms with Crippen LogP contribution in [0.3, 0.4) is 0 Å². The first-order valence-electron chi connectivity index (χ1n) is 7.99. The topological polar surface area (TPSA) is 37.3 Å². The van der Waals surface area contributed by atoms with Gasteiger partial charge < -0.3 is 5.11 Å². The Morgan fingerprint density at radius 3 is 1.78 bits per heavy atom. The molecule has 0 aromatic carbocycles. The zero-order valence-corrected chi connectivity index (χ0v) is 11.8. The maximum Gasteiger partial charge on any atom is 0.133 e. The van der Waals surface area contributed by atoms with Crippen LogP contribution in [0.15, 0.2) is 0 Å². The van der Waals surface area contributed by atoms with Gasteiger partial charge in [0.1, 0.15) is 5.78 Å². The lowest BCUT2D eigenvalue weighted by atomic mass is 9.99. The summed E-state index contributed by atoms with van der Waals surface area (Å²) in [6, 6.07) is 0. The Balaban J connectivity index is 2.21. The van der Waals surface area contributed by atoms with Crippen LogP contribution in [0.5, 0.6) is 0 Å². The molecular weight excluding hydrogens is 224 g/mol. The predicted molar refractivity (Wildman–Crippen MR) is 75.7 cm³/mol. The molecule has 2 nitrogen and oxygen atoms in total. The van der Waals surface area contributed by atoms with Gasteiger partial charge >= 0.3 is 0 Å². The smallest absolute Gasteiger partial charge is 0.133 e. The second kappa shape index (κ2) is 10.5. The maximum atomic E-state index is 11.6. The van der Waals surface area contributed by atoms with Gasteiger partial charge in [0, 0.05) is 12.8 Å². The number of rotatable bonds is 0. The Bertz CT molecular complexity index is 213. The van der Waals surface area contributed by atoms with Gasteiger partial charge in [0.05, 0.1) is 6.10 Å². The molecule has 1 N–H and O–H groups in total. The summed E-state index contributed by atoms with van der Waals surface area (Å²) < 4.78 is 0. The quantitative estimate of drug-likeness (QED) is 0.696. The van der Waals surface area contributed by atoms with Gasteiger partial charge in [-0.05, 0) is 19.3 Å². The van der Waals surface area contributed by atoms with E-state index in [1.165, 1.54) is 51.4 Å². The van der Waals surface area contributed by atoms with Crippen LogP contribution < -0.4 is 0 Å². The third-order valence-corrected chi connectivity index (χ3v) is 4.00. The summed E-state index contributed by atoms with van der Waals surface area (Å²) in [5.74, 6) is 0.348. The first-order chi connectivity index (χ1) is 8.79. The molecule has 1 saturated carbocycles. The molecular formula is C16H30O2. The van der Waals surface area contributed by atoms with E-state index in [0.717, 1.165) is 25.7 Å². The minimum absolute atomic E-state index is 0.248. The second-order valence-electron chi connectivity index (χ2n) is 5.81. The highest BCUT2D eigenvalue weighted by molar-refractivity contribution is 5.78. The molecule has 0 bridgehead atoms. The van der Waals surface area contributed by atoms with E-state index in [1.54, 1.807) is 0 Å². The number of aliphatic hydroxyl groups excluding tert-OH is 1. The number of hydrogen-bond acceptors (Lipinski definition) is 2. The van der Waals surface area contributed by atoms with Crippen molar-refractivity contribution in [2.75, 3.05) is 0 Å². The summed E-state index contributed by atoms with van der Waals surface area (Å²) in [6.07, 6.45) is 15.3. The highest BCUT2D eigenvalue weighted by Gasteiger charge is 2.08. The molecule has 106 valence electrons. The Hall–Kier alpha value is -0.370. The lowest BCUT2D eigenvalue weighted by Crippen LogP contribution is -2.09. The highest BCUT2D eigenvalue weighted by Crippen LogP contribution is 2.15. The van der Waals surface area contributed by atoms with Crippen molar-refractivity contribution in [1.29, 1.82) is 0 Å². The molecule has 1 rings (SSSR count). The number of carbonyl (C=O) groups is 1. The molecule has 0 saturated heterocycles. The van der Waals surface area contributed by atoms with Crippen molar-refractivity contribution >= 4 is 5.78 Å². The molecule has 0 heterocycles. The van der Waals surface area contributed by atoms with E-state index in [0.29, 0.717) is 18.6 Å². The second-order valence-corrected chi connectivity index (χ2v) is 5.81. The van der Waals surface area contributed by atoms with Crippen LogP contribution in [-0.4, -0.2) is 17.0 Å². The molecule has 0 aromatic heterocycles. The van der Waals surface area contributed by atoms with Gasteiger partial charge in [-0.2, -0.15) is 0 Å². The van der Waals surface area contributed by atoms with Gasteiger partial charge in [-0.15, -0.1) is 0 Å². The Morgan fingerprint density at radius 1 is 0.667 bits per heavy atom. The van der Waals surface area contributed by atoms with Crippen LogP contribution >= 0.6 is 0 Å². The average Bonchev–Trinajstić information content (AvgIpc) is 2.36. The van der Waals surface area contributed by atoms with Crippen molar-refractivity contribution < 1.29 is 9.90 Å². The monoisotopic (exact) mass is 254 g/mol. The largest absolute Gasteiger partial charge is 0.393 e. The van der Waals surface area contributed by atoms with Crippen molar-refractivity contribution in [3.63, 3.8) is 0 Å². The molecule has 1 aliphatic carbocycles. The average molecular weight is 254 g/mol. The van der Waals surface area contributed by atoms with Gasteiger partial charge in [0.25, 0.3) is 0 Å². The zero-order valence-electron chi connectivity index (χ0n) is 11.8. The fourth-order valence-electron chi connectivity index (χ4n) is 2.71. The SMILES string of the molecule is O=C1CCCCCCCCCCCCC(O)CC1. The van der Waals surface area contributed by atoms with Crippen LogP contribution in [0.1, 0.15) is 89.9 Å². The van der Waals surface area contributed by atoms with Crippen molar-refractivity contribution in [3.05, 3.63) is 0 Å². The van der Waals surface area contributed by atoms with E-state index in [9.17, 15) is 9.90 Å². The molecule has 1 aliphatic rings. The number of Topliss-reactive ketones (excluding diaryl/α,β-unsaturated/α-hetero) is 1. The zero-order chi connectivity index (χ0) is 13.1. The maximum absolute atomic E-state index is 11.6. The van der Waals surface area contributed by atoms with E-state index in [4.69, 9.17) is 0 Å². The molecule has 2 heteroatoms. The lowest BCUT2D eigenvalue weighted by molar-refractivity contribution is -0.119. The molecule has 0 aromatic rings. The highest BCUT2D eigenvalue weighted by atomic mass is 16.3. The van der Waals surface area contributed by atoms with Crippen molar-refractivity contribution in [3.8, 4) is 0 Å². The summed E-state index contributed by atoms with van der Waals surface area (Å²) in [6.45, 7) is 0. The number of carbonyl (C=O) groups excluding carboxylic acids is 1. The minimum atomic E-state index is -0.248. The van der Waals surface area contributed by atoms with Crippen molar-refractivity contribution in [2.24, 2.45) is 0 Å². The molecule has 0 radical (unpaired) electrons. The third kappa shape index (κ3) is 8.68. The Labute approximate surface area is 112 Å². The van der Waals surface area contributed by atoms with Gasteiger partial charge in [-0.25, -0.2) is 0 Å². The first-order valence-corrected chi connectivity index (χ1v) is 7.99. The molecule has 0 amide bonds. The summed E-state index contributed by atoms with van der Waals surface area (Å²) in [4.78, 5) is 11.6. The third-order valence-electron chi connectivity index (χ3n) is 4.00. The standard InChI is InChI=1S/C16H30O2/c17-15-11-9-7-5-3-1-2-4-6-8-10-12-16(18)14-13-15/h15,17H,1-14H2. The number of ketones is 1. The molecule has 0 spiro atoms. The number of hydrogen-bond donors (Lipinski definition) is 1. The van der Waals surface area contributed by atoms with Gasteiger partial charge in [-0.3, -0.25) is 4.79 Å². The van der Waals surface area contributed by atoms with Crippen LogP contribution in [0.25, 0.3) is 0 Å². The van der Waals surface area contributed by atoms with Crippen LogP contribution in [0.2, 0.25) is 0 Å². The predicted octanol–water partition coefficient (Wildman–Crippen LogP) is 4.39. The fourth-order valence-corrected chi connectivity index (χ4v) is 2.71. The summed E-state index contributed by atoms with van der Waals surface area (Å²) in [7, 11) is 0. The Kier molecular flexibility index (Phi) is 9.19. The van der Waals surface area contributed by atoms with Gasteiger partial charge in [-0.1, -0.05) is 57.8 Å². The molecule has 1 atom stereocenters. The van der Waals surface area contributed by atoms with Crippen LogP contribution in [0, 0.1) is 0 Å². The fraction of sp³-hybridized carbons (Fsp3) is 0.938. The van der Waals surface area contributed by atoms with Crippen molar-refractivity contribution in [2.45, 2.75) is 96.0 Å². The molecule has 1 unspecified atom stereocenters. The van der Waals surface area contributed by atoms with E-state index in [2.05, 4.69) is 0 Å². The molecule has 1 fully saturated rings. The Morgan fingerprint density at radius 2 is 1.17 bits per heavy atom. The van der Waals surface area contributed by atoms with Crippen LogP contribution in [0.4, 0.5) is 0 Å². The van der Waals surface area contributed by atoms with Crippen molar-refractivity contribution in [1.82, 2.24) is 0 Å². The molecule has 18 heavy (non-hydrogen) atoms. The van der Waals surface area contributed by atoms with E-state index in [1.807, 2.05) is 0 Å². The molecule has 0 aliphatic heterocycles. The summed E-state index contributed by atoms with van der Waals surface area (Å²) >= 11 is 0. The van der Waals surface area contributed by atoms with Gasteiger partial charge in [0.2, 0.25) is 0 Å². The van der Waals surface area contributed by atoms with E-state index >= 15 is 0 Å². The number of aliphatic hydroxyl groups is 1. The van der Waals surface area contributed by atoms with Gasteiger partial charge in [0.15, 0.2) is 0 Å². The summed E-state index contributed by atoms with van der Waals surface area (Å²) in [5, 5.41) is 9.79. The van der Waals surface area contributed by atoms with E-state index in [-0.39, 0.29) is 6.10 Å². The normalized spacial score (nSPS) is 26.9. The lowest BCUT2D eigenvalue weighted by Gasteiger charge is -2.10. The first kappa shape index (κ1) is 15.7. The van der Waals surface area contributed by atoms with E-state index < -0.39 is 0 Å². The summed E-state index contributed by atoms with van der Waals surface area (Å²) in [5.41, 5.74) is 0.